The summed E-state index contributed by atoms with van der Waals surface area (Å²) in [5, 5.41) is 12.0. The summed E-state index contributed by atoms with van der Waals surface area (Å²) in [5.74, 6) is 6.40. The molecule has 6 nitrogen and oxygen atoms in total. The van der Waals surface area contributed by atoms with Gasteiger partial charge in [-0.25, -0.2) is 4.68 Å². The van der Waals surface area contributed by atoms with Crippen molar-refractivity contribution in [3.05, 3.63) is 58.1 Å². The lowest BCUT2D eigenvalue weighted by molar-refractivity contribution is -0.113. The zero-order valence-electron chi connectivity index (χ0n) is 13.7. The number of aromatic nitrogens is 3. The standard InChI is InChI=1S/C17H15Cl2N5OS/c1-10-5-7-11(8-6-10)16-22-23-17(24(16)20)26-9-14(25)21-15-12(18)3-2-4-13(15)19/h2-8H,9,20H2,1H3,(H,21,25). The van der Waals surface area contributed by atoms with Gasteiger partial charge in [-0.1, -0.05) is 70.9 Å². The van der Waals surface area contributed by atoms with Gasteiger partial charge in [0.25, 0.3) is 0 Å². The Morgan fingerprint density at radius 3 is 2.46 bits per heavy atom. The molecular weight excluding hydrogens is 393 g/mol. The fourth-order valence-electron chi connectivity index (χ4n) is 2.20. The fraction of sp³-hybridized carbons (Fsp3) is 0.118. The number of carbonyl (C=O) groups excluding carboxylic acids is 1. The fourth-order valence-corrected chi connectivity index (χ4v) is 3.35. The van der Waals surface area contributed by atoms with E-state index in [1.807, 2.05) is 31.2 Å². The summed E-state index contributed by atoms with van der Waals surface area (Å²) in [4.78, 5) is 12.2. The summed E-state index contributed by atoms with van der Waals surface area (Å²) in [5.41, 5.74) is 2.38. The average Bonchev–Trinajstić information content (AvgIpc) is 2.98. The molecule has 0 aliphatic rings. The van der Waals surface area contributed by atoms with Gasteiger partial charge in [0.2, 0.25) is 11.1 Å². The highest BCUT2D eigenvalue weighted by atomic mass is 35.5. The Morgan fingerprint density at radius 1 is 1.15 bits per heavy atom. The number of halogens is 2. The van der Waals surface area contributed by atoms with E-state index in [9.17, 15) is 4.79 Å². The number of nitrogen functional groups attached to an aromatic ring is 1. The van der Waals surface area contributed by atoms with Gasteiger partial charge in [-0.05, 0) is 19.1 Å². The lowest BCUT2D eigenvalue weighted by Gasteiger charge is -2.08. The predicted molar refractivity (Wildman–Crippen MR) is 106 cm³/mol. The van der Waals surface area contributed by atoms with Crippen molar-refractivity contribution in [1.29, 1.82) is 0 Å². The number of anilines is 1. The van der Waals surface area contributed by atoms with Gasteiger partial charge >= 0.3 is 0 Å². The first-order chi connectivity index (χ1) is 12.5. The van der Waals surface area contributed by atoms with Crippen LogP contribution in [0.25, 0.3) is 11.4 Å². The summed E-state index contributed by atoms with van der Waals surface area (Å²) in [6, 6.07) is 12.8. The third-order valence-corrected chi connectivity index (χ3v) is 5.11. The van der Waals surface area contributed by atoms with Crippen LogP contribution in [0, 0.1) is 6.92 Å². The normalized spacial score (nSPS) is 10.7. The highest BCUT2D eigenvalue weighted by Crippen LogP contribution is 2.30. The smallest absolute Gasteiger partial charge is 0.234 e. The van der Waals surface area contributed by atoms with E-state index in [4.69, 9.17) is 29.0 Å². The zero-order chi connectivity index (χ0) is 18.7. The Hall–Kier alpha value is -2.22. The molecular formula is C17H15Cl2N5OS. The number of benzene rings is 2. The van der Waals surface area contributed by atoms with E-state index in [2.05, 4.69) is 15.5 Å². The molecule has 1 amide bonds. The highest BCUT2D eigenvalue weighted by molar-refractivity contribution is 7.99. The van der Waals surface area contributed by atoms with Gasteiger partial charge in [-0.2, -0.15) is 0 Å². The van der Waals surface area contributed by atoms with E-state index >= 15 is 0 Å². The summed E-state index contributed by atoms with van der Waals surface area (Å²) >= 11 is 13.3. The number of nitrogens with one attached hydrogen (secondary N) is 1. The van der Waals surface area contributed by atoms with Crippen molar-refractivity contribution in [2.75, 3.05) is 16.9 Å². The quantitative estimate of drug-likeness (QED) is 0.492. The molecule has 1 aromatic heterocycles. The molecule has 3 N–H and O–H groups in total. The number of amides is 1. The van der Waals surface area contributed by atoms with Crippen LogP contribution in [0.15, 0.2) is 47.6 Å². The van der Waals surface area contributed by atoms with Gasteiger partial charge < -0.3 is 11.2 Å². The number of nitrogens with zero attached hydrogens (tertiary/aromatic N) is 3. The Kier molecular flexibility index (Phi) is 5.70. The molecule has 0 spiro atoms. The predicted octanol–water partition coefficient (Wildman–Crippen LogP) is 4.00. The number of hydrogen-bond acceptors (Lipinski definition) is 5. The van der Waals surface area contributed by atoms with Gasteiger partial charge in [0.15, 0.2) is 5.82 Å². The first kappa shape index (κ1) is 18.6. The van der Waals surface area contributed by atoms with Crippen LogP contribution in [-0.2, 0) is 4.79 Å². The molecule has 134 valence electrons. The molecule has 0 atom stereocenters. The van der Waals surface area contributed by atoms with Crippen LogP contribution >= 0.6 is 35.0 Å². The maximum Gasteiger partial charge on any atom is 0.234 e. The van der Waals surface area contributed by atoms with Gasteiger partial charge in [0.05, 0.1) is 21.5 Å². The largest absolute Gasteiger partial charge is 0.335 e. The minimum atomic E-state index is -0.273. The molecule has 0 aliphatic heterocycles. The topological polar surface area (TPSA) is 85.8 Å². The van der Waals surface area contributed by atoms with E-state index < -0.39 is 0 Å². The molecule has 0 radical (unpaired) electrons. The van der Waals surface area contributed by atoms with Crippen molar-refractivity contribution < 1.29 is 4.79 Å². The van der Waals surface area contributed by atoms with E-state index in [1.54, 1.807) is 18.2 Å². The molecule has 26 heavy (non-hydrogen) atoms. The van der Waals surface area contributed by atoms with Crippen molar-refractivity contribution in [2.45, 2.75) is 12.1 Å². The summed E-state index contributed by atoms with van der Waals surface area (Å²) < 4.78 is 1.37. The molecule has 0 saturated carbocycles. The Bertz CT molecular complexity index is 923. The molecule has 1 heterocycles. The Balaban J connectivity index is 1.67. The number of carbonyl (C=O) groups is 1. The maximum atomic E-state index is 12.2. The van der Waals surface area contributed by atoms with Crippen molar-refractivity contribution in [1.82, 2.24) is 14.9 Å². The number of thioether (sulfide) groups is 1. The highest BCUT2D eigenvalue weighted by Gasteiger charge is 2.15. The number of nitrogens with two attached hydrogens (primary N) is 1. The zero-order valence-corrected chi connectivity index (χ0v) is 16.1. The monoisotopic (exact) mass is 407 g/mol. The lowest BCUT2D eigenvalue weighted by atomic mass is 10.1. The SMILES string of the molecule is Cc1ccc(-c2nnc(SCC(=O)Nc3c(Cl)cccc3Cl)n2N)cc1. The maximum absolute atomic E-state index is 12.2. The van der Waals surface area contributed by atoms with Crippen molar-refractivity contribution in [2.24, 2.45) is 0 Å². The first-order valence-electron chi connectivity index (χ1n) is 7.60. The Morgan fingerprint density at radius 2 is 1.81 bits per heavy atom. The average molecular weight is 408 g/mol. The van der Waals surface area contributed by atoms with Gasteiger partial charge in [-0.3, -0.25) is 4.79 Å². The van der Waals surface area contributed by atoms with Crippen LogP contribution in [0.5, 0.6) is 0 Å². The number of para-hydroxylation sites is 1. The van der Waals surface area contributed by atoms with E-state index in [0.717, 1.165) is 11.1 Å². The second kappa shape index (κ2) is 7.99. The second-order valence-electron chi connectivity index (χ2n) is 5.48. The summed E-state index contributed by atoms with van der Waals surface area (Å²) in [6.07, 6.45) is 0. The molecule has 0 fully saturated rings. The van der Waals surface area contributed by atoms with Gasteiger partial charge in [-0.15, -0.1) is 10.2 Å². The molecule has 2 aromatic carbocycles. The summed E-state index contributed by atoms with van der Waals surface area (Å²) in [6.45, 7) is 2.00. The number of rotatable bonds is 5. The van der Waals surface area contributed by atoms with Crippen LogP contribution in [-0.4, -0.2) is 26.5 Å². The van der Waals surface area contributed by atoms with Gasteiger partial charge in [0, 0.05) is 5.56 Å². The van der Waals surface area contributed by atoms with Gasteiger partial charge in [0.1, 0.15) is 0 Å². The molecule has 3 aromatic rings. The van der Waals surface area contributed by atoms with Crippen molar-refractivity contribution in [3.8, 4) is 11.4 Å². The van der Waals surface area contributed by atoms with Crippen LogP contribution in [0.4, 0.5) is 5.69 Å². The second-order valence-corrected chi connectivity index (χ2v) is 7.23. The first-order valence-corrected chi connectivity index (χ1v) is 9.34. The lowest BCUT2D eigenvalue weighted by Crippen LogP contribution is -2.16. The molecule has 0 bridgehead atoms. The minimum Gasteiger partial charge on any atom is -0.335 e. The summed E-state index contributed by atoms with van der Waals surface area (Å²) in [7, 11) is 0. The van der Waals surface area contributed by atoms with Crippen molar-refractivity contribution in [3.63, 3.8) is 0 Å². The van der Waals surface area contributed by atoms with Crippen LogP contribution < -0.4 is 11.2 Å². The van der Waals surface area contributed by atoms with E-state index in [1.165, 1.54) is 16.4 Å². The van der Waals surface area contributed by atoms with E-state index in [-0.39, 0.29) is 11.7 Å². The molecule has 0 unspecified atom stereocenters. The van der Waals surface area contributed by atoms with Crippen molar-refractivity contribution >= 4 is 46.6 Å². The number of hydrogen-bond donors (Lipinski definition) is 2. The van der Waals surface area contributed by atoms with Crippen LogP contribution in [0.2, 0.25) is 10.0 Å². The molecule has 9 heteroatoms. The van der Waals surface area contributed by atoms with Crippen LogP contribution in [0.1, 0.15) is 5.56 Å². The third-order valence-electron chi connectivity index (χ3n) is 3.53. The Labute approximate surface area is 164 Å². The third kappa shape index (κ3) is 4.12. The molecule has 0 aliphatic carbocycles. The number of aryl methyl sites for hydroxylation is 1. The molecule has 0 saturated heterocycles. The van der Waals surface area contributed by atoms with E-state index in [0.29, 0.717) is 26.7 Å². The van der Waals surface area contributed by atoms with Crippen LogP contribution in [0.3, 0.4) is 0 Å². The molecule has 3 rings (SSSR count). The minimum absolute atomic E-state index is 0.0881.